The van der Waals surface area contributed by atoms with Crippen LogP contribution < -0.4 is 4.90 Å². The molecule has 0 saturated carbocycles. The predicted molar refractivity (Wildman–Crippen MR) is 77.6 cm³/mol. The summed E-state index contributed by atoms with van der Waals surface area (Å²) in [7, 11) is 0. The molecule has 0 bridgehead atoms. The molecule has 0 fully saturated rings. The van der Waals surface area contributed by atoms with Crippen molar-refractivity contribution in [3.05, 3.63) is 64.7 Å². The molecule has 0 N–H and O–H groups in total. The average molecular weight is 341 g/mol. The monoisotopic (exact) mass is 341 g/mol. The Hall–Kier alpha value is -2.44. The molecule has 1 heterocycles. The molecule has 0 unspecified atom stereocenters. The van der Waals surface area contributed by atoms with Crippen molar-refractivity contribution < 1.29 is 26.7 Å². The van der Waals surface area contributed by atoms with E-state index in [1.165, 1.54) is 17.0 Å². The summed E-state index contributed by atoms with van der Waals surface area (Å²) >= 11 is 0. The summed E-state index contributed by atoms with van der Waals surface area (Å²) in [6.45, 7) is 0.174. The third-order valence-corrected chi connectivity index (χ3v) is 3.92. The Morgan fingerprint density at radius 3 is 2.58 bits per heavy atom. The quantitative estimate of drug-likeness (QED) is 0.753. The van der Waals surface area contributed by atoms with Crippen LogP contribution in [0.3, 0.4) is 0 Å². The second kappa shape index (κ2) is 5.89. The molecule has 1 aliphatic heterocycles. The van der Waals surface area contributed by atoms with E-state index in [1.807, 2.05) is 0 Å². The second-order valence-electron chi connectivity index (χ2n) is 5.56. The summed E-state index contributed by atoms with van der Waals surface area (Å²) < 4.78 is 65.2. The maximum Gasteiger partial charge on any atom is 0.416 e. The molecule has 0 radical (unpaired) electrons. The van der Waals surface area contributed by atoms with E-state index in [4.69, 9.17) is 0 Å². The molecule has 0 aromatic heterocycles. The lowest BCUT2D eigenvalue weighted by molar-refractivity contribution is -0.137. The number of rotatable bonds is 2. The van der Waals surface area contributed by atoms with Crippen molar-refractivity contribution in [2.45, 2.75) is 19.0 Å². The van der Waals surface area contributed by atoms with E-state index < -0.39 is 29.3 Å². The number of carbonyl (C=O) groups excluding carboxylic acids is 1. The SMILES string of the molecule is O=C(Cc1cccc(C(F)(F)F)c1)N1CCc2c(F)cc(F)cc21. The summed E-state index contributed by atoms with van der Waals surface area (Å²) in [4.78, 5) is 13.6. The van der Waals surface area contributed by atoms with Crippen molar-refractivity contribution in [2.75, 3.05) is 11.4 Å². The Labute approximate surface area is 134 Å². The maximum atomic E-state index is 13.7. The average Bonchev–Trinajstić information content (AvgIpc) is 2.90. The summed E-state index contributed by atoms with van der Waals surface area (Å²) in [5, 5.41) is 0. The zero-order chi connectivity index (χ0) is 17.5. The Morgan fingerprint density at radius 2 is 1.88 bits per heavy atom. The van der Waals surface area contributed by atoms with Crippen molar-refractivity contribution in [1.82, 2.24) is 0 Å². The fourth-order valence-electron chi connectivity index (χ4n) is 2.81. The molecule has 1 aliphatic rings. The maximum absolute atomic E-state index is 13.7. The van der Waals surface area contributed by atoms with Crippen molar-refractivity contribution >= 4 is 11.6 Å². The van der Waals surface area contributed by atoms with Gasteiger partial charge >= 0.3 is 6.18 Å². The van der Waals surface area contributed by atoms with E-state index in [0.29, 0.717) is 0 Å². The van der Waals surface area contributed by atoms with Crippen molar-refractivity contribution in [3.63, 3.8) is 0 Å². The minimum atomic E-state index is -4.49. The first kappa shape index (κ1) is 16.4. The Morgan fingerprint density at radius 1 is 1.12 bits per heavy atom. The number of hydrogen-bond acceptors (Lipinski definition) is 1. The smallest absolute Gasteiger partial charge is 0.311 e. The summed E-state index contributed by atoms with van der Waals surface area (Å²) in [5.74, 6) is -2.03. The predicted octanol–water partition coefficient (Wildman–Crippen LogP) is 4.12. The van der Waals surface area contributed by atoms with E-state index in [1.54, 1.807) is 0 Å². The van der Waals surface area contributed by atoms with Gasteiger partial charge in [0.15, 0.2) is 0 Å². The van der Waals surface area contributed by atoms with Crippen LogP contribution in [-0.4, -0.2) is 12.5 Å². The minimum Gasteiger partial charge on any atom is -0.311 e. The molecule has 3 rings (SSSR count). The fourth-order valence-corrected chi connectivity index (χ4v) is 2.81. The van der Waals surface area contributed by atoms with Gasteiger partial charge in [-0.2, -0.15) is 13.2 Å². The van der Waals surface area contributed by atoms with Crippen LogP contribution in [0.4, 0.5) is 27.6 Å². The minimum absolute atomic E-state index is 0.143. The molecule has 24 heavy (non-hydrogen) atoms. The van der Waals surface area contributed by atoms with E-state index in [9.17, 15) is 26.7 Å². The first-order valence-electron chi connectivity index (χ1n) is 7.20. The lowest BCUT2D eigenvalue weighted by Gasteiger charge is -2.18. The lowest BCUT2D eigenvalue weighted by atomic mass is 10.1. The highest BCUT2D eigenvalue weighted by Gasteiger charge is 2.31. The number of amides is 1. The summed E-state index contributed by atoms with van der Waals surface area (Å²) in [5.41, 5.74) is -0.259. The molecule has 7 heteroatoms. The number of carbonyl (C=O) groups is 1. The van der Waals surface area contributed by atoms with Gasteiger partial charge in [0, 0.05) is 18.2 Å². The Balaban J connectivity index is 1.83. The van der Waals surface area contributed by atoms with Crippen LogP contribution in [0, 0.1) is 11.6 Å². The van der Waals surface area contributed by atoms with Crippen LogP contribution in [0.1, 0.15) is 16.7 Å². The molecule has 2 aromatic rings. The molecule has 2 nitrogen and oxygen atoms in total. The molecular weight excluding hydrogens is 329 g/mol. The number of nitrogens with zero attached hydrogens (tertiary/aromatic N) is 1. The molecule has 0 saturated heterocycles. The zero-order valence-electron chi connectivity index (χ0n) is 12.3. The Bertz CT molecular complexity index is 800. The zero-order valence-corrected chi connectivity index (χ0v) is 12.3. The van der Waals surface area contributed by atoms with Crippen molar-refractivity contribution in [3.8, 4) is 0 Å². The van der Waals surface area contributed by atoms with Gasteiger partial charge in [-0.1, -0.05) is 18.2 Å². The third-order valence-electron chi connectivity index (χ3n) is 3.92. The van der Waals surface area contributed by atoms with E-state index >= 15 is 0 Å². The van der Waals surface area contributed by atoms with Gasteiger partial charge in [0.2, 0.25) is 5.91 Å². The first-order chi connectivity index (χ1) is 11.3. The third kappa shape index (κ3) is 3.11. The highest BCUT2D eigenvalue weighted by Crippen LogP contribution is 2.32. The topological polar surface area (TPSA) is 20.3 Å². The number of hydrogen-bond donors (Lipinski definition) is 0. The summed E-state index contributed by atoms with van der Waals surface area (Å²) in [6.07, 6.45) is -4.52. The van der Waals surface area contributed by atoms with Crippen molar-refractivity contribution in [1.29, 1.82) is 0 Å². The number of anilines is 1. The summed E-state index contributed by atoms with van der Waals surface area (Å²) in [6, 6.07) is 6.28. The number of fused-ring (bicyclic) bond motifs is 1. The van der Waals surface area contributed by atoms with Gasteiger partial charge in [0.1, 0.15) is 11.6 Å². The largest absolute Gasteiger partial charge is 0.416 e. The first-order valence-corrected chi connectivity index (χ1v) is 7.20. The van der Waals surface area contributed by atoms with Crippen LogP contribution in [-0.2, 0) is 23.8 Å². The molecule has 1 amide bonds. The van der Waals surface area contributed by atoms with Crippen LogP contribution in [0.2, 0.25) is 0 Å². The molecule has 126 valence electrons. The van der Waals surface area contributed by atoms with Crippen LogP contribution in [0.5, 0.6) is 0 Å². The number of benzene rings is 2. The van der Waals surface area contributed by atoms with Crippen LogP contribution >= 0.6 is 0 Å². The van der Waals surface area contributed by atoms with Gasteiger partial charge in [-0.25, -0.2) is 8.78 Å². The number of alkyl halides is 3. The van der Waals surface area contributed by atoms with Gasteiger partial charge in [-0.3, -0.25) is 4.79 Å². The highest BCUT2D eigenvalue weighted by molar-refractivity contribution is 5.96. The fraction of sp³-hybridized carbons (Fsp3) is 0.235. The molecule has 0 aliphatic carbocycles. The molecule has 0 spiro atoms. The standard InChI is InChI=1S/C17H12F5NO/c18-12-8-14(19)13-4-5-23(15(13)9-12)16(24)7-10-2-1-3-11(6-10)17(20,21)22/h1-3,6,8-9H,4-5,7H2. The number of halogens is 5. The lowest BCUT2D eigenvalue weighted by Crippen LogP contribution is -2.30. The molecular formula is C17H12F5NO. The van der Waals surface area contributed by atoms with Gasteiger partial charge < -0.3 is 4.90 Å². The van der Waals surface area contributed by atoms with Gasteiger partial charge in [-0.15, -0.1) is 0 Å². The van der Waals surface area contributed by atoms with Crippen LogP contribution in [0.15, 0.2) is 36.4 Å². The van der Waals surface area contributed by atoms with E-state index in [0.717, 1.165) is 24.3 Å². The highest BCUT2D eigenvalue weighted by atomic mass is 19.4. The van der Waals surface area contributed by atoms with E-state index in [-0.39, 0.29) is 36.2 Å². The van der Waals surface area contributed by atoms with Crippen molar-refractivity contribution in [2.24, 2.45) is 0 Å². The van der Waals surface area contributed by atoms with Gasteiger partial charge in [-0.05, 0) is 24.1 Å². The molecule has 0 atom stereocenters. The van der Waals surface area contributed by atoms with E-state index in [2.05, 4.69) is 0 Å². The Kier molecular flexibility index (Phi) is 4.03. The normalized spacial score (nSPS) is 14.0. The van der Waals surface area contributed by atoms with Gasteiger partial charge in [0.25, 0.3) is 0 Å². The second-order valence-corrected chi connectivity index (χ2v) is 5.56. The molecule has 2 aromatic carbocycles. The van der Waals surface area contributed by atoms with Crippen LogP contribution in [0.25, 0.3) is 0 Å². The van der Waals surface area contributed by atoms with Gasteiger partial charge in [0.05, 0.1) is 17.7 Å².